The van der Waals surface area contributed by atoms with Gasteiger partial charge in [-0.1, -0.05) is 35.9 Å². The number of anilines is 1. The van der Waals surface area contributed by atoms with Crippen LogP contribution in [0.2, 0.25) is 5.02 Å². The minimum atomic E-state index is -0.502. The number of aryl methyl sites for hydroxylation is 1. The molecule has 0 aliphatic carbocycles. The largest absolute Gasteiger partial charge is 0.494 e. The highest BCUT2D eigenvalue weighted by Gasteiger charge is 2.15. The first-order valence-corrected chi connectivity index (χ1v) is 10.1. The summed E-state index contributed by atoms with van der Waals surface area (Å²) in [4.78, 5) is 18.0. The first kappa shape index (κ1) is 20.6. The second-order valence-corrected chi connectivity index (χ2v) is 7.70. The molecule has 0 fully saturated rings. The van der Waals surface area contributed by atoms with Gasteiger partial charge in [0.25, 0.3) is 5.91 Å². The van der Waals surface area contributed by atoms with Crippen LogP contribution in [-0.4, -0.2) is 17.5 Å². The van der Waals surface area contributed by atoms with Crippen LogP contribution in [0.3, 0.4) is 0 Å². The van der Waals surface area contributed by atoms with Gasteiger partial charge in [0.15, 0.2) is 5.13 Å². The fraction of sp³-hybridized carbons (Fsp3) is 0.136. The Hall–Kier alpha value is -3.14. The van der Waals surface area contributed by atoms with Crippen LogP contribution in [0.25, 0.3) is 17.3 Å². The molecule has 2 aromatic carbocycles. The Morgan fingerprint density at radius 3 is 2.55 bits per heavy atom. The zero-order chi connectivity index (χ0) is 20.8. The van der Waals surface area contributed by atoms with E-state index in [4.69, 9.17) is 16.3 Å². The third kappa shape index (κ3) is 5.23. The summed E-state index contributed by atoms with van der Waals surface area (Å²) in [6.45, 7) is 4.41. The van der Waals surface area contributed by atoms with Crippen LogP contribution in [0.15, 0.2) is 54.1 Å². The van der Waals surface area contributed by atoms with Crippen LogP contribution in [0.5, 0.6) is 5.75 Å². The number of carbonyl (C=O) groups is 1. The number of amides is 1. The molecule has 3 rings (SSSR count). The van der Waals surface area contributed by atoms with E-state index in [1.54, 1.807) is 36.4 Å². The zero-order valence-corrected chi connectivity index (χ0v) is 17.5. The highest BCUT2D eigenvalue weighted by atomic mass is 35.5. The number of aromatic nitrogens is 1. The molecule has 0 aliphatic rings. The number of nitrogens with one attached hydrogen (secondary N) is 1. The second-order valence-electron chi connectivity index (χ2n) is 6.06. The number of thiazole rings is 1. The standard InChI is InChI=1S/C22H18ClN3O2S/c1-3-28-19-10-4-15(5-11-19)12-17(13-24)21(27)26-22-25-20(14(2)29-22)16-6-8-18(23)9-7-16/h4-12H,3H2,1-2H3,(H,25,26,27)/b17-12+. The number of ether oxygens (including phenoxy) is 1. The summed E-state index contributed by atoms with van der Waals surface area (Å²) in [5, 5.41) is 13.2. The maximum Gasteiger partial charge on any atom is 0.268 e. The molecule has 0 unspecified atom stereocenters. The molecule has 1 amide bonds. The average Bonchev–Trinajstić information content (AvgIpc) is 3.08. The van der Waals surface area contributed by atoms with E-state index in [0.717, 1.165) is 27.4 Å². The molecule has 3 aromatic rings. The quantitative estimate of drug-likeness (QED) is 0.406. The van der Waals surface area contributed by atoms with Gasteiger partial charge in [-0.15, -0.1) is 11.3 Å². The number of rotatable bonds is 6. The lowest BCUT2D eigenvalue weighted by atomic mass is 10.1. The van der Waals surface area contributed by atoms with Crippen molar-refractivity contribution in [3.05, 3.63) is 69.6 Å². The molecule has 1 aromatic heterocycles. The number of hydrogen-bond donors (Lipinski definition) is 1. The first-order chi connectivity index (χ1) is 14.0. The average molecular weight is 424 g/mol. The molecule has 7 heteroatoms. The lowest BCUT2D eigenvalue weighted by Crippen LogP contribution is -2.13. The molecule has 1 heterocycles. The van der Waals surface area contributed by atoms with Crippen molar-refractivity contribution in [1.29, 1.82) is 5.26 Å². The van der Waals surface area contributed by atoms with Gasteiger partial charge in [-0.3, -0.25) is 10.1 Å². The number of nitriles is 1. The molecule has 0 bridgehead atoms. The van der Waals surface area contributed by atoms with E-state index in [2.05, 4.69) is 10.3 Å². The third-order valence-electron chi connectivity index (χ3n) is 4.00. The van der Waals surface area contributed by atoms with Crippen molar-refractivity contribution >= 4 is 40.1 Å². The van der Waals surface area contributed by atoms with E-state index in [1.807, 2.05) is 32.0 Å². The van der Waals surface area contributed by atoms with Crippen molar-refractivity contribution in [2.75, 3.05) is 11.9 Å². The van der Waals surface area contributed by atoms with Crippen molar-refractivity contribution in [2.45, 2.75) is 13.8 Å². The molecule has 0 atom stereocenters. The van der Waals surface area contributed by atoms with E-state index >= 15 is 0 Å². The lowest BCUT2D eigenvalue weighted by Gasteiger charge is -2.03. The second kappa shape index (κ2) is 9.37. The highest BCUT2D eigenvalue weighted by molar-refractivity contribution is 7.16. The molecule has 0 saturated heterocycles. The summed E-state index contributed by atoms with van der Waals surface area (Å²) in [5.74, 6) is 0.235. The lowest BCUT2D eigenvalue weighted by molar-refractivity contribution is -0.112. The first-order valence-electron chi connectivity index (χ1n) is 8.89. The molecule has 0 radical (unpaired) electrons. The van der Waals surface area contributed by atoms with Gasteiger partial charge < -0.3 is 4.74 Å². The maximum absolute atomic E-state index is 12.5. The van der Waals surface area contributed by atoms with Gasteiger partial charge in [0.1, 0.15) is 17.4 Å². The van der Waals surface area contributed by atoms with Crippen molar-refractivity contribution < 1.29 is 9.53 Å². The molecule has 1 N–H and O–H groups in total. The molecular weight excluding hydrogens is 406 g/mol. The number of carbonyl (C=O) groups excluding carboxylic acids is 1. The number of hydrogen-bond acceptors (Lipinski definition) is 5. The van der Waals surface area contributed by atoms with Gasteiger partial charge in [-0.25, -0.2) is 4.98 Å². The Kier molecular flexibility index (Phi) is 6.65. The fourth-order valence-electron chi connectivity index (χ4n) is 2.63. The van der Waals surface area contributed by atoms with E-state index in [-0.39, 0.29) is 5.57 Å². The molecule has 5 nitrogen and oxygen atoms in total. The van der Waals surface area contributed by atoms with Gasteiger partial charge in [0.2, 0.25) is 0 Å². The minimum absolute atomic E-state index is 0.00458. The predicted molar refractivity (Wildman–Crippen MR) is 117 cm³/mol. The topological polar surface area (TPSA) is 75.0 Å². The fourth-order valence-corrected chi connectivity index (χ4v) is 3.59. The van der Waals surface area contributed by atoms with Crippen LogP contribution in [-0.2, 0) is 4.79 Å². The molecular formula is C22H18ClN3O2S. The van der Waals surface area contributed by atoms with Gasteiger partial charge >= 0.3 is 0 Å². The summed E-state index contributed by atoms with van der Waals surface area (Å²) in [6, 6.07) is 16.5. The van der Waals surface area contributed by atoms with Crippen molar-refractivity contribution in [3.8, 4) is 23.1 Å². The Labute approximate surface area is 178 Å². The van der Waals surface area contributed by atoms with Crippen molar-refractivity contribution in [3.63, 3.8) is 0 Å². The van der Waals surface area contributed by atoms with Crippen LogP contribution >= 0.6 is 22.9 Å². The van der Waals surface area contributed by atoms with Gasteiger partial charge in [-0.05, 0) is 49.8 Å². The number of nitrogens with zero attached hydrogens (tertiary/aromatic N) is 2. The van der Waals surface area contributed by atoms with Crippen molar-refractivity contribution in [1.82, 2.24) is 4.98 Å². The van der Waals surface area contributed by atoms with E-state index in [0.29, 0.717) is 16.8 Å². The summed E-state index contributed by atoms with van der Waals surface area (Å²) < 4.78 is 5.40. The van der Waals surface area contributed by atoms with E-state index < -0.39 is 5.91 Å². The maximum atomic E-state index is 12.5. The molecule has 0 aliphatic heterocycles. The molecule has 146 valence electrons. The van der Waals surface area contributed by atoms with Gasteiger partial charge in [-0.2, -0.15) is 5.26 Å². The predicted octanol–water partition coefficient (Wildman–Crippen LogP) is 5.72. The monoisotopic (exact) mass is 423 g/mol. The minimum Gasteiger partial charge on any atom is -0.494 e. The third-order valence-corrected chi connectivity index (χ3v) is 5.14. The Bertz CT molecular complexity index is 1080. The van der Waals surface area contributed by atoms with Crippen molar-refractivity contribution in [2.24, 2.45) is 0 Å². The summed E-state index contributed by atoms with van der Waals surface area (Å²) >= 11 is 7.29. The molecule has 0 saturated carbocycles. The zero-order valence-electron chi connectivity index (χ0n) is 15.9. The van der Waals surface area contributed by atoms with Gasteiger partial charge in [0, 0.05) is 15.5 Å². The molecule has 29 heavy (non-hydrogen) atoms. The van der Waals surface area contributed by atoms with E-state index in [9.17, 15) is 10.1 Å². The molecule has 0 spiro atoms. The number of benzene rings is 2. The normalized spacial score (nSPS) is 11.0. The SMILES string of the molecule is CCOc1ccc(/C=C(\C#N)C(=O)Nc2nc(-c3ccc(Cl)cc3)c(C)s2)cc1. The summed E-state index contributed by atoms with van der Waals surface area (Å²) in [5.41, 5.74) is 2.41. The number of halogens is 1. The van der Waals surface area contributed by atoms with E-state index in [1.165, 1.54) is 17.4 Å². The Morgan fingerprint density at radius 2 is 1.93 bits per heavy atom. The summed E-state index contributed by atoms with van der Waals surface area (Å²) in [7, 11) is 0. The highest BCUT2D eigenvalue weighted by Crippen LogP contribution is 2.31. The Morgan fingerprint density at radius 1 is 1.24 bits per heavy atom. The van der Waals surface area contributed by atoms with Gasteiger partial charge in [0.05, 0.1) is 12.3 Å². The van der Waals surface area contributed by atoms with Crippen LogP contribution in [0, 0.1) is 18.3 Å². The van der Waals surface area contributed by atoms with Crippen LogP contribution in [0.4, 0.5) is 5.13 Å². The summed E-state index contributed by atoms with van der Waals surface area (Å²) in [6.07, 6.45) is 1.53. The Balaban J connectivity index is 1.77. The van der Waals surface area contributed by atoms with Crippen LogP contribution < -0.4 is 10.1 Å². The smallest absolute Gasteiger partial charge is 0.268 e. The van der Waals surface area contributed by atoms with Crippen LogP contribution in [0.1, 0.15) is 17.4 Å².